The molecule has 0 spiro atoms. The predicted octanol–water partition coefficient (Wildman–Crippen LogP) is 0.495. The monoisotopic (exact) mass is 296 g/mol. The number of carboxylic acids is 1. The van der Waals surface area contributed by atoms with Crippen molar-refractivity contribution in [2.24, 2.45) is 5.73 Å². The second kappa shape index (κ2) is 5.88. The number of nitrogens with one attached hydrogen (secondary N) is 1. The van der Waals surface area contributed by atoms with Gasteiger partial charge in [0.15, 0.2) is 6.10 Å². The summed E-state index contributed by atoms with van der Waals surface area (Å²) in [6, 6.07) is 3.38. The van der Waals surface area contributed by atoms with Crippen molar-refractivity contribution in [3.8, 4) is 0 Å². The second-order valence-corrected chi connectivity index (χ2v) is 4.58. The molecule has 0 saturated carbocycles. The van der Waals surface area contributed by atoms with E-state index in [0.29, 0.717) is 0 Å². The van der Waals surface area contributed by atoms with Crippen molar-refractivity contribution in [2.75, 3.05) is 5.32 Å². The number of halogens is 1. The molecular formula is C13H13FN2O5. The molecule has 8 heteroatoms. The lowest BCUT2D eigenvalue weighted by Crippen LogP contribution is -2.30. The number of ether oxygens (including phenoxy) is 1. The maximum atomic E-state index is 13.3. The van der Waals surface area contributed by atoms with Crippen molar-refractivity contribution in [2.45, 2.75) is 25.0 Å². The number of rotatable bonds is 4. The molecule has 0 aliphatic carbocycles. The van der Waals surface area contributed by atoms with Crippen LogP contribution in [0.4, 0.5) is 10.1 Å². The second-order valence-electron chi connectivity index (χ2n) is 4.58. The van der Waals surface area contributed by atoms with Gasteiger partial charge in [-0.1, -0.05) is 0 Å². The third kappa shape index (κ3) is 3.34. The van der Waals surface area contributed by atoms with Crippen LogP contribution in [0.15, 0.2) is 18.2 Å². The van der Waals surface area contributed by atoms with E-state index in [1.807, 2.05) is 0 Å². The Morgan fingerprint density at radius 2 is 1.95 bits per heavy atom. The van der Waals surface area contributed by atoms with Crippen molar-refractivity contribution >= 4 is 23.5 Å². The summed E-state index contributed by atoms with van der Waals surface area (Å²) in [4.78, 5) is 33.7. The van der Waals surface area contributed by atoms with Crippen LogP contribution in [0.3, 0.4) is 0 Å². The number of primary amides is 1. The maximum absolute atomic E-state index is 13.3. The molecule has 1 fully saturated rings. The van der Waals surface area contributed by atoms with Crippen LogP contribution in [0.1, 0.15) is 23.2 Å². The van der Waals surface area contributed by atoms with Crippen LogP contribution in [-0.4, -0.2) is 35.1 Å². The van der Waals surface area contributed by atoms with Gasteiger partial charge in [0, 0.05) is 5.69 Å². The topological polar surface area (TPSA) is 119 Å². The van der Waals surface area contributed by atoms with Crippen LogP contribution in [-0.2, 0) is 14.3 Å². The first-order chi connectivity index (χ1) is 9.88. The summed E-state index contributed by atoms with van der Waals surface area (Å²) in [5.41, 5.74) is 4.84. The first kappa shape index (κ1) is 14.9. The molecule has 2 unspecified atom stereocenters. The largest absolute Gasteiger partial charge is 0.479 e. The fraction of sp³-hybridized carbons (Fsp3) is 0.308. The normalized spacial score (nSPS) is 21.0. The van der Waals surface area contributed by atoms with Gasteiger partial charge < -0.3 is 20.9 Å². The summed E-state index contributed by atoms with van der Waals surface area (Å²) in [6.45, 7) is 0. The molecule has 1 heterocycles. The Bertz CT molecular complexity index is 604. The lowest BCUT2D eigenvalue weighted by molar-refractivity contribution is -0.150. The summed E-state index contributed by atoms with van der Waals surface area (Å²) in [5.74, 6) is -3.42. The molecule has 0 radical (unpaired) electrons. The number of hydrogen-bond acceptors (Lipinski definition) is 4. The Kier molecular flexibility index (Phi) is 4.18. The molecule has 21 heavy (non-hydrogen) atoms. The molecule has 1 aliphatic heterocycles. The van der Waals surface area contributed by atoms with Gasteiger partial charge in [0.1, 0.15) is 11.9 Å². The van der Waals surface area contributed by atoms with Gasteiger partial charge in [-0.3, -0.25) is 9.59 Å². The predicted molar refractivity (Wildman–Crippen MR) is 69.1 cm³/mol. The number of nitrogens with two attached hydrogens (primary N) is 1. The van der Waals surface area contributed by atoms with Crippen LogP contribution >= 0.6 is 0 Å². The lowest BCUT2D eigenvalue weighted by atomic mass is 10.1. The van der Waals surface area contributed by atoms with E-state index < -0.39 is 35.8 Å². The van der Waals surface area contributed by atoms with E-state index in [0.717, 1.165) is 12.1 Å². The highest BCUT2D eigenvalue weighted by Gasteiger charge is 2.34. The van der Waals surface area contributed by atoms with Crippen molar-refractivity contribution in [1.29, 1.82) is 0 Å². The molecule has 2 atom stereocenters. The standard InChI is InChI=1S/C13H13FN2O5/c14-8-2-1-6(5-7(8)11(15)17)16-12(18)9-3-4-10(21-9)13(19)20/h1-2,5,9-10H,3-4H2,(H2,15,17)(H,16,18)(H,19,20). The molecule has 0 bridgehead atoms. The van der Waals surface area contributed by atoms with E-state index in [1.54, 1.807) is 0 Å². The molecule has 1 aromatic carbocycles. The maximum Gasteiger partial charge on any atom is 0.332 e. The van der Waals surface area contributed by atoms with Gasteiger partial charge in [0.05, 0.1) is 5.56 Å². The van der Waals surface area contributed by atoms with Crippen molar-refractivity contribution < 1.29 is 28.6 Å². The van der Waals surface area contributed by atoms with Gasteiger partial charge in [-0.2, -0.15) is 0 Å². The SMILES string of the molecule is NC(=O)c1cc(NC(=O)C2CCC(C(=O)O)O2)ccc1F. The van der Waals surface area contributed by atoms with Gasteiger partial charge in [0.2, 0.25) is 0 Å². The van der Waals surface area contributed by atoms with Gasteiger partial charge >= 0.3 is 5.97 Å². The first-order valence-electron chi connectivity index (χ1n) is 6.17. The van der Waals surface area contributed by atoms with Gasteiger partial charge in [-0.05, 0) is 31.0 Å². The Balaban J connectivity index is 2.05. The van der Waals surface area contributed by atoms with Crippen LogP contribution in [0.2, 0.25) is 0 Å². The fourth-order valence-corrected chi connectivity index (χ4v) is 2.03. The summed E-state index contributed by atoms with van der Waals surface area (Å²) >= 11 is 0. The number of carbonyl (C=O) groups excluding carboxylic acids is 2. The highest BCUT2D eigenvalue weighted by Crippen LogP contribution is 2.22. The number of aliphatic carboxylic acids is 1. The third-order valence-electron chi connectivity index (χ3n) is 3.09. The molecule has 112 valence electrons. The molecule has 1 saturated heterocycles. The van der Waals surface area contributed by atoms with E-state index in [2.05, 4.69) is 5.32 Å². The molecule has 7 nitrogen and oxygen atoms in total. The highest BCUT2D eigenvalue weighted by atomic mass is 19.1. The lowest BCUT2D eigenvalue weighted by Gasteiger charge is -2.12. The van der Waals surface area contributed by atoms with Crippen molar-refractivity contribution in [1.82, 2.24) is 0 Å². The van der Waals surface area contributed by atoms with Crippen LogP contribution in [0, 0.1) is 5.82 Å². The summed E-state index contributed by atoms with van der Waals surface area (Å²) in [7, 11) is 0. The van der Waals surface area contributed by atoms with Crippen LogP contribution in [0.25, 0.3) is 0 Å². The number of anilines is 1. The zero-order valence-corrected chi connectivity index (χ0v) is 10.8. The van der Waals surface area contributed by atoms with Crippen LogP contribution < -0.4 is 11.1 Å². The van der Waals surface area contributed by atoms with Crippen molar-refractivity contribution in [3.05, 3.63) is 29.6 Å². The minimum Gasteiger partial charge on any atom is -0.479 e. The Morgan fingerprint density at radius 1 is 1.29 bits per heavy atom. The highest BCUT2D eigenvalue weighted by molar-refractivity contribution is 5.98. The molecule has 0 aromatic heterocycles. The first-order valence-corrected chi connectivity index (χ1v) is 6.17. The molecule has 1 aliphatic rings. The fourth-order valence-electron chi connectivity index (χ4n) is 2.03. The molecule has 4 N–H and O–H groups in total. The number of amides is 2. The Hall–Kier alpha value is -2.48. The van der Waals surface area contributed by atoms with E-state index in [-0.39, 0.29) is 24.1 Å². The van der Waals surface area contributed by atoms with Crippen LogP contribution in [0.5, 0.6) is 0 Å². The average molecular weight is 296 g/mol. The molecule has 2 amide bonds. The zero-order chi connectivity index (χ0) is 15.6. The van der Waals surface area contributed by atoms with Gasteiger partial charge in [0.25, 0.3) is 11.8 Å². The van der Waals surface area contributed by atoms with Crippen molar-refractivity contribution in [3.63, 3.8) is 0 Å². The smallest absolute Gasteiger partial charge is 0.332 e. The quantitative estimate of drug-likeness (QED) is 0.747. The number of carbonyl (C=O) groups is 3. The summed E-state index contributed by atoms with van der Waals surface area (Å²) in [6.07, 6.45) is -1.39. The Labute approximate surface area is 118 Å². The third-order valence-corrected chi connectivity index (χ3v) is 3.09. The summed E-state index contributed by atoms with van der Waals surface area (Å²) in [5, 5.41) is 11.2. The Morgan fingerprint density at radius 3 is 2.52 bits per heavy atom. The minimum atomic E-state index is -1.12. The van der Waals surface area contributed by atoms with Gasteiger partial charge in [-0.25, -0.2) is 9.18 Å². The number of hydrogen-bond donors (Lipinski definition) is 3. The van der Waals surface area contributed by atoms with E-state index in [9.17, 15) is 18.8 Å². The average Bonchev–Trinajstić information content (AvgIpc) is 2.90. The van der Waals surface area contributed by atoms with Gasteiger partial charge in [-0.15, -0.1) is 0 Å². The molecule has 1 aromatic rings. The number of benzene rings is 1. The minimum absolute atomic E-state index is 0.178. The van der Waals surface area contributed by atoms with E-state index in [1.165, 1.54) is 6.07 Å². The van der Waals surface area contributed by atoms with E-state index >= 15 is 0 Å². The zero-order valence-electron chi connectivity index (χ0n) is 10.8. The molecule has 2 rings (SSSR count). The summed E-state index contributed by atoms with van der Waals surface area (Å²) < 4.78 is 18.4. The van der Waals surface area contributed by atoms with E-state index in [4.69, 9.17) is 15.6 Å². The number of carboxylic acid groups (broad SMARTS) is 1. The molecular weight excluding hydrogens is 283 g/mol.